The summed E-state index contributed by atoms with van der Waals surface area (Å²) >= 11 is 0. The van der Waals surface area contributed by atoms with Crippen molar-refractivity contribution in [3.63, 3.8) is 0 Å². The third-order valence-corrected chi connectivity index (χ3v) is 3.25. The summed E-state index contributed by atoms with van der Waals surface area (Å²) in [5.74, 6) is 5.62. The first-order valence-corrected chi connectivity index (χ1v) is 6.85. The van der Waals surface area contributed by atoms with E-state index in [-0.39, 0.29) is 6.04 Å². The maximum absolute atomic E-state index is 5.62. The second-order valence-electron chi connectivity index (χ2n) is 4.78. The molecule has 0 aliphatic heterocycles. The van der Waals surface area contributed by atoms with Gasteiger partial charge in [0.2, 0.25) is 0 Å². The highest BCUT2D eigenvalue weighted by Gasteiger charge is 2.10. The lowest BCUT2D eigenvalue weighted by Gasteiger charge is -2.17. The first kappa shape index (κ1) is 14.0. The Bertz CT molecular complexity index is 508. The van der Waals surface area contributed by atoms with Gasteiger partial charge in [-0.25, -0.2) is 0 Å². The molecule has 0 radical (unpaired) electrons. The van der Waals surface area contributed by atoms with E-state index in [0.717, 1.165) is 19.4 Å². The SMILES string of the molecule is CCCOCC(Cc1cccc2ccccc12)NN. The minimum Gasteiger partial charge on any atom is -0.380 e. The molecule has 1 atom stereocenters. The van der Waals surface area contributed by atoms with Crippen LogP contribution in [0.1, 0.15) is 18.9 Å². The first-order chi connectivity index (χ1) is 9.35. The Morgan fingerprint density at radius 2 is 1.95 bits per heavy atom. The first-order valence-electron chi connectivity index (χ1n) is 6.85. The van der Waals surface area contributed by atoms with E-state index in [9.17, 15) is 0 Å². The molecule has 0 bridgehead atoms. The molecule has 0 spiro atoms. The van der Waals surface area contributed by atoms with Gasteiger partial charge in [-0.1, -0.05) is 49.4 Å². The Kier molecular flexibility index (Phi) is 5.33. The van der Waals surface area contributed by atoms with E-state index in [0.29, 0.717) is 6.61 Å². The number of benzene rings is 2. The van der Waals surface area contributed by atoms with E-state index < -0.39 is 0 Å². The molecule has 0 aliphatic rings. The number of ether oxygens (including phenoxy) is 1. The van der Waals surface area contributed by atoms with Gasteiger partial charge in [-0.15, -0.1) is 0 Å². The molecule has 3 N–H and O–H groups in total. The lowest BCUT2D eigenvalue weighted by atomic mass is 9.99. The number of rotatable bonds is 7. The molecule has 3 heteroatoms. The average Bonchev–Trinajstić information content (AvgIpc) is 2.46. The highest BCUT2D eigenvalue weighted by Crippen LogP contribution is 2.19. The van der Waals surface area contributed by atoms with Crippen molar-refractivity contribution in [3.8, 4) is 0 Å². The highest BCUT2D eigenvalue weighted by molar-refractivity contribution is 5.85. The van der Waals surface area contributed by atoms with Crippen LogP contribution < -0.4 is 11.3 Å². The zero-order chi connectivity index (χ0) is 13.5. The summed E-state index contributed by atoms with van der Waals surface area (Å²) in [6.07, 6.45) is 1.91. The standard InChI is InChI=1S/C16H22N2O/c1-2-10-19-12-15(18-17)11-14-8-5-7-13-6-3-4-9-16(13)14/h3-9,15,18H,2,10-12,17H2,1H3. The Morgan fingerprint density at radius 1 is 1.16 bits per heavy atom. The van der Waals surface area contributed by atoms with Gasteiger partial charge in [0, 0.05) is 12.6 Å². The summed E-state index contributed by atoms with van der Waals surface area (Å²) in [7, 11) is 0. The molecule has 0 saturated carbocycles. The molecule has 102 valence electrons. The van der Waals surface area contributed by atoms with E-state index in [2.05, 4.69) is 54.8 Å². The van der Waals surface area contributed by atoms with Crippen LogP contribution >= 0.6 is 0 Å². The molecule has 19 heavy (non-hydrogen) atoms. The van der Waals surface area contributed by atoms with E-state index >= 15 is 0 Å². The normalized spacial score (nSPS) is 12.7. The van der Waals surface area contributed by atoms with Crippen molar-refractivity contribution < 1.29 is 4.74 Å². The molecule has 0 amide bonds. The van der Waals surface area contributed by atoms with E-state index in [1.54, 1.807) is 0 Å². The van der Waals surface area contributed by atoms with Gasteiger partial charge < -0.3 is 4.74 Å². The molecule has 3 nitrogen and oxygen atoms in total. The average molecular weight is 258 g/mol. The quantitative estimate of drug-likeness (QED) is 0.456. The fourth-order valence-corrected chi connectivity index (χ4v) is 2.27. The number of fused-ring (bicyclic) bond motifs is 1. The maximum atomic E-state index is 5.62. The summed E-state index contributed by atoms with van der Waals surface area (Å²) in [4.78, 5) is 0. The van der Waals surface area contributed by atoms with Crippen molar-refractivity contribution in [3.05, 3.63) is 48.0 Å². The van der Waals surface area contributed by atoms with Crippen LogP contribution in [0.3, 0.4) is 0 Å². The van der Waals surface area contributed by atoms with Crippen molar-refractivity contribution >= 4 is 10.8 Å². The fourth-order valence-electron chi connectivity index (χ4n) is 2.27. The van der Waals surface area contributed by atoms with Crippen LogP contribution in [0.4, 0.5) is 0 Å². The van der Waals surface area contributed by atoms with Gasteiger partial charge in [-0.3, -0.25) is 11.3 Å². The minimum atomic E-state index is 0.150. The lowest BCUT2D eigenvalue weighted by molar-refractivity contribution is 0.112. The monoisotopic (exact) mass is 258 g/mol. The fraction of sp³-hybridized carbons (Fsp3) is 0.375. The summed E-state index contributed by atoms with van der Waals surface area (Å²) in [6.45, 7) is 3.54. The van der Waals surface area contributed by atoms with Gasteiger partial charge in [-0.2, -0.15) is 0 Å². The molecule has 0 heterocycles. The molecule has 2 aromatic carbocycles. The predicted octanol–water partition coefficient (Wildman–Crippen LogP) is 2.64. The highest BCUT2D eigenvalue weighted by atomic mass is 16.5. The third kappa shape index (κ3) is 3.77. The largest absolute Gasteiger partial charge is 0.380 e. The van der Waals surface area contributed by atoms with Gasteiger partial charge in [0.05, 0.1) is 6.61 Å². The van der Waals surface area contributed by atoms with Crippen molar-refractivity contribution in [2.24, 2.45) is 5.84 Å². The van der Waals surface area contributed by atoms with Crippen LogP contribution in [-0.2, 0) is 11.2 Å². The van der Waals surface area contributed by atoms with Crippen LogP contribution in [0.25, 0.3) is 10.8 Å². The smallest absolute Gasteiger partial charge is 0.0636 e. The molecular weight excluding hydrogens is 236 g/mol. The number of hydrogen-bond donors (Lipinski definition) is 2. The zero-order valence-electron chi connectivity index (χ0n) is 11.4. The predicted molar refractivity (Wildman–Crippen MR) is 79.9 cm³/mol. The second-order valence-corrected chi connectivity index (χ2v) is 4.78. The van der Waals surface area contributed by atoms with Crippen LogP contribution in [0.5, 0.6) is 0 Å². The van der Waals surface area contributed by atoms with Gasteiger partial charge in [0.15, 0.2) is 0 Å². The molecule has 2 rings (SSSR count). The van der Waals surface area contributed by atoms with Gasteiger partial charge in [-0.05, 0) is 29.2 Å². The minimum absolute atomic E-state index is 0.150. The van der Waals surface area contributed by atoms with Gasteiger partial charge in [0.25, 0.3) is 0 Å². The second kappa shape index (κ2) is 7.24. The summed E-state index contributed by atoms with van der Waals surface area (Å²) < 4.78 is 5.58. The molecular formula is C16H22N2O. The number of nitrogens with two attached hydrogens (primary N) is 1. The molecule has 1 unspecified atom stereocenters. The van der Waals surface area contributed by atoms with E-state index in [1.165, 1.54) is 16.3 Å². The lowest BCUT2D eigenvalue weighted by Crippen LogP contribution is -2.40. The van der Waals surface area contributed by atoms with Crippen molar-refractivity contribution in [2.45, 2.75) is 25.8 Å². The van der Waals surface area contributed by atoms with Gasteiger partial charge in [0.1, 0.15) is 0 Å². The zero-order valence-corrected chi connectivity index (χ0v) is 11.4. The van der Waals surface area contributed by atoms with E-state index in [4.69, 9.17) is 10.6 Å². The Morgan fingerprint density at radius 3 is 2.74 bits per heavy atom. The van der Waals surface area contributed by atoms with Crippen LogP contribution in [-0.4, -0.2) is 19.3 Å². The number of hydrazine groups is 1. The van der Waals surface area contributed by atoms with Crippen LogP contribution in [0.15, 0.2) is 42.5 Å². The molecule has 2 aromatic rings. The molecule has 0 saturated heterocycles. The van der Waals surface area contributed by atoms with Crippen molar-refractivity contribution in [2.75, 3.05) is 13.2 Å². The number of hydrogen-bond acceptors (Lipinski definition) is 3. The third-order valence-electron chi connectivity index (χ3n) is 3.25. The topological polar surface area (TPSA) is 47.3 Å². The Labute approximate surface area is 114 Å². The van der Waals surface area contributed by atoms with E-state index in [1.807, 2.05) is 0 Å². The maximum Gasteiger partial charge on any atom is 0.0636 e. The molecule has 0 aliphatic carbocycles. The number of nitrogens with one attached hydrogen (secondary N) is 1. The van der Waals surface area contributed by atoms with Crippen LogP contribution in [0, 0.1) is 0 Å². The van der Waals surface area contributed by atoms with Crippen molar-refractivity contribution in [1.82, 2.24) is 5.43 Å². The summed E-state index contributed by atoms with van der Waals surface area (Å²) in [5.41, 5.74) is 4.16. The molecule has 0 aromatic heterocycles. The van der Waals surface area contributed by atoms with Gasteiger partial charge >= 0.3 is 0 Å². The molecule has 0 fully saturated rings. The van der Waals surface area contributed by atoms with Crippen molar-refractivity contribution in [1.29, 1.82) is 0 Å². The Hall–Kier alpha value is -1.42. The van der Waals surface area contributed by atoms with Crippen LogP contribution in [0.2, 0.25) is 0 Å². The summed E-state index contributed by atoms with van der Waals surface area (Å²) in [5, 5.41) is 2.56. The Balaban J connectivity index is 2.10. The summed E-state index contributed by atoms with van der Waals surface area (Å²) in [6, 6.07) is 15.0.